The summed E-state index contributed by atoms with van der Waals surface area (Å²) in [5, 5.41) is 11.4. The van der Waals surface area contributed by atoms with Crippen LogP contribution in [0.1, 0.15) is 12.0 Å². The van der Waals surface area contributed by atoms with Crippen LogP contribution in [0.2, 0.25) is 0 Å². The molecule has 0 saturated heterocycles. The summed E-state index contributed by atoms with van der Waals surface area (Å²) in [6.45, 7) is 1.37. The van der Waals surface area contributed by atoms with Gasteiger partial charge in [0.15, 0.2) is 5.13 Å². The predicted molar refractivity (Wildman–Crippen MR) is 131 cm³/mol. The minimum absolute atomic E-state index is 0. The number of thiazole rings is 1. The van der Waals surface area contributed by atoms with E-state index in [9.17, 15) is 14.9 Å². The Labute approximate surface area is 196 Å². The smallest absolute Gasteiger partial charge is 0.269 e. The summed E-state index contributed by atoms with van der Waals surface area (Å²) in [4.78, 5) is 31.8. The number of carbonyl (C=O) groups is 1. The molecular weight excluding hydrogens is 452 g/mol. The Hall–Kier alpha value is -3.01. The number of amides is 1. The highest BCUT2D eigenvalue weighted by molar-refractivity contribution is 7.22. The van der Waals surface area contributed by atoms with Crippen LogP contribution in [-0.2, 0) is 4.79 Å². The van der Waals surface area contributed by atoms with Gasteiger partial charge >= 0.3 is 0 Å². The van der Waals surface area contributed by atoms with E-state index < -0.39 is 4.92 Å². The molecule has 0 spiro atoms. The fraction of sp³-hybridized carbons (Fsp3) is 0.273. The van der Waals surface area contributed by atoms with Gasteiger partial charge in [-0.3, -0.25) is 19.8 Å². The second-order valence-electron chi connectivity index (χ2n) is 7.16. The van der Waals surface area contributed by atoms with Gasteiger partial charge in [-0.05, 0) is 63.0 Å². The maximum Gasteiger partial charge on any atom is 0.269 e. The van der Waals surface area contributed by atoms with Gasteiger partial charge in [0.1, 0.15) is 5.75 Å². The number of anilines is 1. The van der Waals surface area contributed by atoms with Gasteiger partial charge in [0.2, 0.25) is 0 Å². The molecule has 0 aliphatic rings. The van der Waals surface area contributed by atoms with Crippen LogP contribution in [0.4, 0.5) is 10.8 Å². The summed E-state index contributed by atoms with van der Waals surface area (Å²) in [7, 11) is 5.59. The summed E-state index contributed by atoms with van der Waals surface area (Å²) in [6.07, 6.45) is 3.92. The number of halogens is 1. The first kappa shape index (κ1) is 25.3. The van der Waals surface area contributed by atoms with E-state index in [-0.39, 0.29) is 24.0 Å². The number of nitro benzene ring substituents is 1. The van der Waals surface area contributed by atoms with Gasteiger partial charge in [-0.1, -0.05) is 11.3 Å². The highest BCUT2D eigenvalue weighted by atomic mass is 35.5. The lowest BCUT2D eigenvalue weighted by molar-refractivity contribution is -0.384. The van der Waals surface area contributed by atoms with Crippen LogP contribution >= 0.6 is 23.7 Å². The fourth-order valence-electron chi connectivity index (χ4n) is 2.95. The van der Waals surface area contributed by atoms with E-state index in [2.05, 4.69) is 9.88 Å². The standard InChI is InChI=1S/C22H24N4O4S.ClH/c1-24(2)13-4-14-25(22-23-19-15-18(30-3)10-11-20(19)31-22)21(27)12-7-16-5-8-17(9-6-16)26(28)29;/h5-12,15H,4,13-14H2,1-3H3;1H. The van der Waals surface area contributed by atoms with Crippen molar-refractivity contribution in [2.24, 2.45) is 0 Å². The number of carbonyl (C=O) groups excluding carboxylic acids is 1. The molecule has 1 heterocycles. The second-order valence-corrected chi connectivity index (χ2v) is 8.17. The number of nitrogens with zero attached hydrogens (tertiary/aromatic N) is 4. The second kappa shape index (κ2) is 11.6. The molecule has 3 rings (SSSR count). The number of non-ortho nitro benzene ring substituents is 1. The van der Waals surface area contributed by atoms with E-state index >= 15 is 0 Å². The first-order chi connectivity index (χ1) is 14.9. The number of rotatable bonds is 9. The van der Waals surface area contributed by atoms with Crippen LogP contribution in [0.5, 0.6) is 5.75 Å². The van der Waals surface area contributed by atoms with Crippen LogP contribution in [0, 0.1) is 10.1 Å². The van der Waals surface area contributed by atoms with Gasteiger partial charge in [-0.25, -0.2) is 4.98 Å². The third-order valence-corrected chi connectivity index (χ3v) is 5.65. The third kappa shape index (κ3) is 6.49. The van der Waals surface area contributed by atoms with Crippen LogP contribution < -0.4 is 9.64 Å². The van der Waals surface area contributed by atoms with Crippen molar-refractivity contribution in [3.05, 3.63) is 64.2 Å². The van der Waals surface area contributed by atoms with Crippen LogP contribution in [0.15, 0.2) is 48.5 Å². The SMILES string of the molecule is COc1ccc2sc(N(CCCN(C)C)C(=O)C=Cc3ccc([N+](=O)[O-])cc3)nc2c1.Cl. The Morgan fingerprint density at radius 3 is 2.53 bits per heavy atom. The molecular formula is C22H25ClN4O4S. The van der Waals surface area contributed by atoms with Crippen molar-refractivity contribution in [2.45, 2.75) is 6.42 Å². The van der Waals surface area contributed by atoms with E-state index in [1.807, 2.05) is 32.3 Å². The van der Waals surface area contributed by atoms with E-state index in [0.29, 0.717) is 23.0 Å². The number of aromatic nitrogens is 1. The number of ether oxygens (including phenoxy) is 1. The molecule has 1 amide bonds. The fourth-order valence-corrected chi connectivity index (χ4v) is 3.92. The van der Waals surface area contributed by atoms with Crippen molar-refractivity contribution in [1.82, 2.24) is 9.88 Å². The van der Waals surface area contributed by atoms with Gasteiger partial charge in [0.25, 0.3) is 11.6 Å². The van der Waals surface area contributed by atoms with Gasteiger partial charge in [0.05, 0.1) is 22.2 Å². The molecule has 10 heteroatoms. The summed E-state index contributed by atoms with van der Waals surface area (Å²) in [5.41, 5.74) is 1.50. The number of hydrogen-bond acceptors (Lipinski definition) is 7. The van der Waals surface area contributed by atoms with Crippen molar-refractivity contribution >= 4 is 56.8 Å². The molecule has 0 aliphatic heterocycles. The van der Waals surface area contributed by atoms with Crippen molar-refractivity contribution in [3.8, 4) is 5.75 Å². The molecule has 170 valence electrons. The first-order valence-electron chi connectivity index (χ1n) is 9.70. The van der Waals surface area contributed by atoms with Crippen LogP contribution in [-0.4, -0.2) is 55.0 Å². The van der Waals surface area contributed by atoms with Gasteiger partial charge < -0.3 is 9.64 Å². The quantitative estimate of drug-likeness (QED) is 0.254. The van der Waals surface area contributed by atoms with E-state index in [1.165, 1.54) is 29.5 Å². The molecule has 0 fully saturated rings. The van der Waals surface area contributed by atoms with Crippen molar-refractivity contribution in [2.75, 3.05) is 39.2 Å². The molecule has 8 nitrogen and oxygen atoms in total. The maximum absolute atomic E-state index is 13.0. The maximum atomic E-state index is 13.0. The molecule has 1 aromatic heterocycles. The van der Waals surface area contributed by atoms with E-state index in [4.69, 9.17) is 4.74 Å². The molecule has 0 radical (unpaired) electrons. The Balaban J connectivity index is 0.00000363. The normalized spacial score (nSPS) is 11.0. The minimum Gasteiger partial charge on any atom is -0.497 e. The largest absolute Gasteiger partial charge is 0.497 e. The lowest BCUT2D eigenvalue weighted by Gasteiger charge is -2.19. The topological polar surface area (TPSA) is 88.8 Å². The Bertz CT molecular complexity index is 1100. The summed E-state index contributed by atoms with van der Waals surface area (Å²) in [6, 6.07) is 11.7. The Kier molecular flexibility index (Phi) is 9.13. The molecule has 0 atom stereocenters. The molecule has 0 saturated carbocycles. The zero-order valence-electron chi connectivity index (χ0n) is 18.1. The van der Waals surface area contributed by atoms with Crippen molar-refractivity contribution in [3.63, 3.8) is 0 Å². The van der Waals surface area contributed by atoms with Crippen LogP contribution in [0.3, 0.4) is 0 Å². The zero-order chi connectivity index (χ0) is 22.4. The molecule has 32 heavy (non-hydrogen) atoms. The molecule has 2 aromatic carbocycles. The monoisotopic (exact) mass is 476 g/mol. The Morgan fingerprint density at radius 2 is 1.91 bits per heavy atom. The first-order valence-corrected chi connectivity index (χ1v) is 10.5. The number of methoxy groups -OCH3 is 1. The van der Waals surface area contributed by atoms with Crippen LogP contribution in [0.25, 0.3) is 16.3 Å². The average molecular weight is 477 g/mol. The highest BCUT2D eigenvalue weighted by Crippen LogP contribution is 2.31. The Morgan fingerprint density at radius 1 is 1.19 bits per heavy atom. The molecule has 3 aromatic rings. The highest BCUT2D eigenvalue weighted by Gasteiger charge is 2.18. The number of hydrogen-bond donors (Lipinski definition) is 0. The van der Waals surface area contributed by atoms with Gasteiger partial charge in [-0.2, -0.15) is 0 Å². The number of benzene rings is 2. The minimum atomic E-state index is -0.451. The molecule has 0 bridgehead atoms. The van der Waals surface area contributed by atoms with Gasteiger partial charge in [0, 0.05) is 30.8 Å². The van der Waals surface area contributed by atoms with Crippen molar-refractivity contribution in [1.29, 1.82) is 0 Å². The average Bonchev–Trinajstić information content (AvgIpc) is 3.17. The predicted octanol–water partition coefficient (Wildman–Crippen LogP) is 4.63. The molecule has 0 N–H and O–H groups in total. The van der Waals surface area contributed by atoms with Gasteiger partial charge in [-0.15, -0.1) is 12.4 Å². The summed E-state index contributed by atoms with van der Waals surface area (Å²) >= 11 is 1.45. The summed E-state index contributed by atoms with van der Waals surface area (Å²) < 4.78 is 6.24. The molecule has 0 aliphatic carbocycles. The van der Waals surface area contributed by atoms with Crippen molar-refractivity contribution < 1.29 is 14.5 Å². The lowest BCUT2D eigenvalue weighted by atomic mass is 10.2. The lowest BCUT2D eigenvalue weighted by Crippen LogP contribution is -2.32. The number of nitro groups is 1. The van der Waals surface area contributed by atoms with E-state index in [0.717, 1.165) is 23.2 Å². The molecule has 0 unspecified atom stereocenters. The van der Waals surface area contributed by atoms with E-state index in [1.54, 1.807) is 30.2 Å². The summed E-state index contributed by atoms with van der Waals surface area (Å²) in [5.74, 6) is 0.524. The zero-order valence-corrected chi connectivity index (χ0v) is 19.7. The third-order valence-electron chi connectivity index (χ3n) is 4.59. The number of fused-ring (bicyclic) bond motifs is 1.